The Kier molecular flexibility index (Phi) is 27.7. The highest BCUT2D eigenvalue weighted by Gasteiger charge is 2.57. The fourth-order valence-electron chi connectivity index (χ4n) is 10.8. The molecule has 5 aliphatic heterocycles. The van der Waals surface area contributed by atoms with E-state index < -0.39 is 144 Å². The molecule has 9 amide bonds. The fraction of sp³-hybridized carbons (Fsp3) is 0.759. The molecule has 0 bridgehead atoms. The molecule has 90 heavy (non-hydrogen) atoms. The lowest BCUT2D eigenvalue weighted by Gasteiger charge is -2.47. The molecule has 5 fully saturated rings. The molecule has 0 saturated carbocycles. The number of aliphatic hydroxyl groups is 2. The summed E-state index contributed by atoms with van der Waals surface area (Å²) in [5.41, 5.74) is 2.75. The number of rotatable bonds is 25. The van der Waals surface area contributed by atoms with Gasteiger partial charge in [-0.25, -0.2) is 30.3 Å². The van der Waals surface area contributed by atoms with Gasteiger partial charge in [-0.1, -0.05) is 27.7 Å². The molecule has 8 N–H and O–H groups in total. The number of esters is 1. The Hall–Kier alpha value is -7.10. The molecule has 0 aromatic heterocycles. The second-order valence-corrected chi connectivity index (χ2v) is 24.2. The van der Waals surface area contributed by atoms with Crippen molar-refractivity contribution in [2.24, 2.45) is 17.8 Å². The highest BCUT2D eigenvalue weighted by atomic mass is 16.7. The van der Waals surface area contributed by atoms with Gasteiger partial charge in [0.2, 0.25) is 17.6 Å². The van der Waals surface area contributed by atoms with E-state index in [-0.39, 0.29) is 138 Å². The number of amides is 9. The van der Waals surface area contributed by atoms with Crippen LogP contribution in [0.5, 0.6) is 0 Å². The maximum Gasteiger partial charge on any atom is 0.334 e. The molecule has 504 valence electrons. The number of nitrogens with one attached hydrogen (secondary N) is 5. The standard InChI is InChI=1S/C58H90N10O22/c1-33(2)31-38-23-25-58(84,88-37(38)7)57(8,83)56(82)63-49-50(34(3)4)87-55(81)36(6)66(85)52(78)41-15-9-26-61-64(41)46(74)32-60-51(77)35(5)67(53(79)42-16-10-27-62-65(42)54(49)80)89-48(76)24-28-59-43(71)19-17-39(69)13-11-29-86-30-12-14-40(70)18-22-47(75)90-68-44(72)20-21-45(68)73/h33-38,41-42,49-50,61-62,83-85H,9-32H2,1-8H3,(H,59,71)(H,60,77)(H,63,82). The molecule has 0 radical (unpaired) electrons. The van der Waals surface area contributed by atoms with Gasteiger partial charge in [0.15, 0.2) is 11.6 Å². The van der Waals surface area contributed by atoms with E-state index >= 15 is 9.59 Å². The van der Waals surface area contributed by atoms with Crippen LogP contribution in [0.15, 0.2) is 0 Å². The molecule has 10 atom stereocenters. The molecular formula is C58H90N10O22. The van der Waals surface area contributed by atoms with E-state index in [0.717, 1.165) is 30.8 Å². The highest BCUT2D eigenvalue weighted by Crippen LogP contribution is 2.40. The molecule has 5 rings (SSSR count). The van der Waals surface area contributed by atoms with Crippen LogP contribution in [0.4, 0.5) is 0 Å². The summed E-state index contributed by atoms with van der Waals surface area (Å²) in [6, 6.07) is -8.79. The molecule has 5 heterocycles. The first-order chi connectivity index (χ1) is 42.4. The smallest absolute Gasteiger partial charge is 0.334 e. The number of carbonyl (C=O) groups excluding carboxylic acids is 14. The molecule has 0 aromatic rings. The molecule has 10 unspecified atom stereocenters. The Morgan fingerprint density at radius 3 is 1.89 bits per heavy atom. The number of fused-ring (bicyclic) bond motifs is 2. The summed E-state index contributed by atoms with van der Waals surface area (Å²) in [5, 5.41) is 45.0. The SMILES string of the molecule is CC(C)CC1CCC(O)(C(C)(O)C(=O)NC2C(=O)N3NCCCC3C(=O)N(OC(=O)CCNC(=O)CCC(=O)CCCOCCCC(=O)CCC(=O)ON3C(=O)CCC3=O)C(C)C(=O)NCC(=O)N3NCCCC3C(=O)N(O)C(C)C(=O)OC2C(C)C)OC1C. The summed E-state index contributed by atoms with van der Waals surface area (Å²) in [5.74, 6) is -15.9. The van der Waals surface area contributed by atoms with Crippen molar-refractivity contribution in [1.82, 2.24) is 52.0 Å². The van der Waals surface area contributed by atoms with Crippen LogP contribution in [0.2, 0.25) is 0 Å². The van der Waals surface area contributed by atoms with Gasteiger partial charge in [0.1, 0.15) is 41.8 Å². The second kappa shape index (κ2) is 33.8. The molecule has 32 nitrogen and oxygen atoms in total. The second-order valence-electron chi connectivity index (χ2n) is 24.2. The zero-order valence-corrected chi connectivity index (χ0v) is 52.6. The third kappa shape index (κ3) is 19.9. The van der Waals surface area contributed by atoms with Crippen LogP contribution in [0.1, 0.15) is 171 Å². The predicted molar refractivity (Wildman–Crippen MR) is 307 cm³/mol. The number of ketones is 2. The summed E-state index contributed by atoms with van der Waals surface area (Å²) in [6.45, 7) is 11.3. The van der Waals surface area contributed by atoms with Crippen LogP contribution >= 0.6 is 0 Å². The minimum atomic E-state index is -2.81. The first-order valence-corrected chi connectivity index (χ1v) is 30.9. The van der Waals surface area contributed by atoms with Gasteiger partial charge in [0, 0.05) is 84.2 Å². The number of nitrogens with zero attached hydrogens (tertiary/aromatic N) is 5. The fourth-order valence-corrected chi connectivity index (χ4v) is 10.8. The molecular weight excluding hydrogens is 1190 g/mol. The third-order valence-electron chi connectivity index (χ3n) is 16.3. The van der Waals surface area contributed by atoms with Crippen molar-refractivity contribution in [1.29, 1.82) is 0 Å². The van der Waals surface area contributed by atoms with Gasteiger partial charge in [-0.2, -0.15) is 5.06 Å². The van der Waals surface area contributed by atoms with Crippen molar-refractivity contribution in [3.63, 3.8) is 0 Å². The zero-order chi connectivity index (χ0) is 66.8. The number of hydrogen-bond donors (Lipinski definition) is 8. The first kappa shape index (κ1) is 73.6. The molecule has 0 spiro atoms. The average Bonchev–Trinajstić information content (AvgIpc) is 0.913. The number of hydrogen-bond acceptors (Lipinski definition) is 24. The van der Waals surface area contributed by atoms with Crippen molar-refractivity contribution < 1.29 is 106 Å². The van der Waals surface area contributed by atoms with E-state index in [1.165, 1.54) is 13.8 Å². The Labute approximate surface area is 521 Å². The van der Waals surface area contributed by atoms with Crippen molar-refractivity contribution in [2.75, 3.05) is 39.4 Å². The summed E-state index contributed by atoms with van der Waals surface area (Å²) in [7, 11) is 0. The van der Waals surface area contributed by atoms with Gasteiger partial charge < -0.3 is 50.0 Å². The lowest BCUT2D eigenvalue weighted by Crippen LogP contribution is -2.70. The Bertz CT molecular complexity index is 2640. The Morgan fingerprint density at radius 2 is 1.30 bits per heavy atom. The topological polar surface area (TPSA) is 422 Å². The van der Waals surface area contributed by atoms with Crippen LogP contribution in [0.25, 0.3) is 0 Å². The van der Waals surface area contributed by atoms with E-state index in [1.54, 1.807) is 6.92 Å². The van der Waals surface area contributed by atoms with Crippen LogP contribution in [0.3, 0.4) is 0 Å². The number of imide groups is 1. The average molecular weight is 1280 g/mol. The number of hydrazine groups is 2. The number of ether oxygens (including phenoxy) is 3. The maximum atomic E-state index is 15.3. The van der Waals surface area contributed by atoms with Gasteiger partial charge >= 0.3 is 17.9 Å². The normalized spacial score (nSPS) is 26.8. The lowest BCUT2D eigenvalue weighted by molar-refractivity contribution is -0.326. The number of cyclic esters (lactones) is 1. The predicted octanol–water partition coefficient (Wildman–Crippen LogP) is -0.869. The number of carbonyl (C=O) groups is 14. The quantitative estimate of drug-likeness (QED) is 0.0238. The zero-order valence-electron chi connectivity index (χ0n) is 52.6. The Morgan fingerprint density at radius 1 is 0.722 bits per heavy atom. The van der Waals surface area contributed by atoms with Crippen LogP contribution in [-0.2, 0) is 91.0 Å². The molecule has 5 saturated heterocycles. The molecule has 32 heteroatoms. The van der Waals surface area contributed by atoms with E-state index in [1.807, 2.05) is 13.8 Å². The van der Waals surface area contributed by atoms with E-state index in [9.17, 15) is 73.0 Å². The molecule has 0 aliphatic carbocycles. The van der Waals surface area contributed by atoms with Crippen LogP contribution in [0, 0.1) is 17.8 Å². The first-order valence-electron chi connectivity index (χ1n) is 30.9. The van der Waals surface area contributed by atoms with Crippen molar-refractivity contribution in [2.45, 2.75) is 225 Å². The van der Waals surface area contributed by atoms with Gasteiger partial charge in [0.05, 0.1) is 25.5 Å². The highest BCUT2D eigenvalue weighted by molar-refractivity contribution is 6.02. The van der Waals surface area contributed by atoms with Gasteiger partial charge in [0.25, 0.3) is 41.4 Å². The van der Waals surface area contributed by atoms with Gasteiger partial charge in [-0.05, 0) is 96.8 Å². The number of hydroxylamine groups is 6. The summed E-state index contributed by atoms with van der Waals surface area (Å²) < 4.78 is 17.4. The van der Waals surface area contributed by atoms with E-state index in [0.29, 0.717) is 42.2 Å². The molecule has 0 aromatic carbocycles. The van der Waals surface area contributed by atoms with Crippen molar-refractivity contribution in [3.8, 4) is 0 Å². The van der Waals surface area contributed by atoms with Crippen molar-refractivity contribution in [3.05, 3.63) is 0 Å². The maximum absolute atomic E-state index is 15.3. The van der Waals surface area contributed by atoms with Gasteiger partial charge in [-0.3, -0.25) is 68.0 Å². The van der Waals surface area contributed by atoms with Crippen LogP contribution < -0.4 is 26.8 Å². The van der Waals surface area contributed by atoms with Crippen molar-refractivity contribution >= 4 is 82.6 Å². The summed E-state index contributed by atoms with van der Waals surface area (Å²) in [4.78, 5) is 198. The third-order valence-corrected chi connectivity index (χ3v) is 16.3. The Balaban J connectivity index is 1.27. The lowest BCUT2D eigenvalue weighted by atomic mass is 9.79. The minimum absolute atomic E-state index is 0.0130. The molecule has 5 aliphatic rings. The largest absolute Gasteiger partial charge is 0.458 e. The number of Topliss-reactive ketones (excluding diaryl/α,β-unsaturated/α-hetero) is 2. The minimum Gasteiger partial charge on any atom is -0.458 e. The monoisotopic (exact) mass is 1280 g/mol. The van der Waals surface area contributed by atoms with Gasteiger partial charge in [-0.15, -0.1) is 5.06 Å². The van der Waals surface area contributed by atoms with Crippen LogP contribution in [-0.4, -0.2) is 216 Å². The van der Waals surface area contributed by atoms with E-state index in [4.69, 9.17) is 23.9 Å². The summed E-state index contributed by atoms with van der Waals surface area (Å²) >= 11 is 0. The van der Waals surface area contributed by atoms with E-state index in [2.05, 4.69) is 26.8 Å². The summed E-state index contributed by atoms with van der Waals surface area (Å²) in [6.07, 6.45) is -2.12.